The molecule has 0 spiro atoms. The van der Waals surface area contributed by atoms with Gasteiger partial charge in [0.15, 0.2) is 0 Å². The lowest BCUT2D eigenvalue weighted by molar-refractivity contribution is 0.172. The van der Waals surface area contributed by atoms with Gasteiger partial charge in [-0.1, -0.05) is 18.2 Å². The number of rotatable bonds is 4. The van der Waals surface area contributed by atoms with Crippen LogP contribution < -0.4 is 5.32 Å². The van der Waals surface area contributed by atoms with Gasteiger partial charge in [-0.15, -0.1) is 11.8 Å². The molecule has 3 nitrogen and oxygen atoms in total. The molecular weight excluding hydrogens is 268 g/mol. The number of urea groups is 1. The average Bonchev–Trinajstić information content (AvgIpc) is 2.46. The third-order valence-corrected chi connectivity index (χ3v) is 4.79. The minimum atomic E-state index is 0.0918. The molecule has 1 aliphatic rings. The number of hydrogen-bond donors (Lipinski definition) is 1. The van der Waals surface area contributed by atoms with Gasteiger partial charge in [0.25, 0.3) is 0 Å². The molecule has 1 heterocycles. The highest BCUT2D eigenvalue weighted by atomic mass is 32.2. The second-order valence-electron chi connectivity index (χ2n) is 5.66. The van der Waals surface area contributed by atoms with Crippen molar-refractivity contribution < 1.29 is 4.79 Å². The van der Waals surface area contributed by atoms with E-state index in [0.717, 1.165) is 37.6 Å². The molecule has 20 heavy (non-hydrogen) atoms. The molecule has 0 aliphatic carbocycles. The summed E-state index contributed by atoms with van der Waals surface area (Å²) in [5.74, 6) is 1.88. The topological polar surface area (TPSA) is 32.3 Å². The van der Waals surface area contributed by atoms with E-state index >= 15 is 0 Å². The zero-order valence-electron chi connectivity index (χ0n) is 12.3. The SMILES string of the molecule is CC(C)NC(=O)N1CCC(CSc2ccccc2)CC1. The second-order valence-corrected chi connectivity index (χ2v) is 6.75. The van der Waals surface area contributed by atoms with Gasteiger partial charge in [0.05, 0.1) is 0 Å². The molecule has 1 fully saturated rings. The lowest BCUT2D eigenvalue weighted by Gasteiger charge is -2.32. The summed E-state index contributed by atoms with van der Waals surface area (Å²) in [6.45, 7) is 5.78. The van der Waals surface area contributed by atoms with Crippen LogP contribution in [-0.2, 0) is 0 Å². The lowest BCUT2D eigenvalue weighted by atomic mass is 9.99. The maximum Gasteiger partial charge on any atom is 0.317 e. The normalized spacial score (nSPS) is 16.4. The number of nitrogens with zero attached hydrogens (tertiary/aromatic N) is 1. The number of carbonyl (C=O) groups is 1. The summed E-state index contributed by atoms with van der Waals surface area (Å²) in [5.41, 5.74) is 0. The van der Waals surface area contributed by atoms with Crippen molar-refractivity contribution in [3.05, 3.63) is 30.3 Å². The van der Waals surface area contributed by atoms with Crippen LogP contribution in [0.4, 0.5) is 4.79 Å². The van der Waals surface area contributed by atoms with E-state index < -0.39 is 0 Å². The molecule has 1 saturated heterocycles. The maximum atomic E-state index is 11.9. The molecule has 1 aromatic rings. The van der Waals surface area contributed by atoms with E-state index in [1.54, 1.807) is 0 Å². The maximum absolute atomic E-state index is 11.9. The standard InChI is InChI=1S/C16H24N2OS/c1-13(2)17-16(19)18-10-8-14(9-11-18)12-20-15-6-4-3-5-7-15/h3-7,13-14H,8-12H2,1-2H3,(H,17,19). The monoisotopic (exact) mass is 292 g/mol. The van der Waals surface area contributed by atoms with E-state index in [1.165, 1.54) is 4.90 Å². The first-order valence-corrected chi connectivity index (χ1v) is 8.37. The van der Waals surface area contributed by atoms with Crippen LogP contribution in [-0.4, -0.2) is 35.8 Å². The van der Waals surface area contributed by atoms with Gasteiger partial charge in [0.2, 0.25) is 0 Å². The number of carbonyl (C=O) groups excluding carboxylic acids is 1. The van der Waals surface area contributed by atoms with E-state index in [-0.39, 0.29) is 12.1 Å². The predicted octanol–water partition coefficient (Wildman–Crippen LogP) is 3.61. The van der Waals surface area contributed by atoms with Crippen molar-refractivity contribution in [3.8, 4) is 0 Å². The molecule has 1 aliphatic heterocycles. The van der Waals surface area contributed by atoms with Crippen molar-refractivity contribution in [1.82, 2.24) is 10.2 Å². The fourth-order valence-electron chi connectivity index (χ4n) is 2.37. The molecule has 0 aromatic heterocycles. The van der Waals surface area contributed by atoms with Crippen LogP contribution in [0.15, 0.2) is 35.2 Å². The summed E-state index contributed by atoms with van der Waals surface area (Å²) in [7, 11) is 0. The first-order valence-electron chi connectivity index (χ1n) is 7.38. The highest BCUT2D eigenvalue weighted by Gasteiger charge is 2.22. The Morgan fingerprint density at radius 2 is 1.95 bits per heavy atom. The summed E-state index contributed by atoms with van der Waals surface area (Å²) in [4.78, 5) is 15.2. The number of nitrogens with one attached hydrogen (secondary N) is 1. The Morgan fingerprint density at radius 1 is 1.30 bits per heavy atom. The van der Waals surface area contributed by atoms with E-state index in [0.29, 0.717) is 0 Å². The fourth-order valence-corrected chi connectivity index (χ4v) is 3.48. The number of piperidine rings is 1. The van der Waals surface area contributed by atoms with Crippen molar-refractivity contribution in [2.75, 3.05) is 18.8 Å². The second kappa shape index (κ2) is 7.58. The van der Waals surface area contributed by atoms with Crippen LogP contribution in [0.3, 0.4) is 0 Å². The highest BCUT2D eigenvalue weighted by molar-refractivity contribution is 7.99. The zero-order chi connectivity index (χ0) is 14.4. The number of likely N-dealkylation sites (tertiary alicyclic amines) is 1. The van der Waals surface area contributed by atoms with Crippen LogP contribution in [0.2, 0.25) is 0 Å². The predicted molar refractivity (Wildman–Crippen MR) is 85.1 cm³/mol. The van der Waals surface area contributed by atoms with Gasteiger partial charge in [0.1, 0.15) is 0 Å². The summed E-state index contributed by atoms with van der Waals surface area (Å²) in [5, 5.41) is 2.97. The minimum absolute atomic E-state index is 0.0918. The summed E-state index contributed by atoms with van der Waals surface area (Å²) in [6, 6.07) is 10.9. The molecule has 0 unspecified atom stereocenters. The minimum Gasteiger partial charge on any atom is -0.336 e. The third kappa shape index (κ3) is 4.75. The molecule has 0 bridgehead atoms. The first kappa shape index (κ1) is 15.2. The van der Waals surface area contributed by atoms with Crippen LogP contribution >= 0.6 is 11.8 Å². The molecule has 0 radical (unpaired) electrons. The Hall–Kier alpha value is -1.16. The molecular formula is C16H24N2OS. The van der Waals surface area contributed by atoms with E-state index in [4.69, 9.17) is 0 Å². The summed E-state index contributed by atoms with van der Waals surface area (Å²) < 4.78 is 0. The smallest absolute Gasteiger partial charge is 0.317 e. The number of thioether (sulfide) groups is 1. The molecule has 2 rings (SSSR count). The van der Waals surface area contributed by atoms with Gasteiger partial charge in [-0.25, -0.2) is 4.79 Å². The van der Waals surface area contributed by atoms with Crippen LogP contribution in [0.1, 0.15) is 26.7 Å². The molecule has 0 saturated carbocycles. The highest BCUT2D eigenvalue weighted by Crippen LogP contribution is 2.26. The van der Waals surface area contributed by atoms with Crippen molar-refractivity contribution in [2.45, 2.75) is 37.6 Å². The average molecular weight is 292 g/mol. The fraction of sp³-hybridized carbons (Fsp3) is 0.562. The molecule has 0 atom stereocenters. The first-order chi connectivity index (χ1) is 9.65. The van der Waals surface area contributed by atoms with Crippen LogP contribution in [0.25, 0.3) is 0 Å². The Bertz CT molecular complexity index is 414. The Kier molecular flexibility index (Phi) is 5.77. The zero-order valence-corrected chi connectivity index (χ0v) is 13.2. The van der Waals surface area contributed by atoms with Gasteiger partial charge in [-0.2, -0.15) is 0 Å². The van der Waals surface area contributed by atoms with Crippen molar-refractivity contribution in [2.24, 2.45) is 5.92 Å². The van der Waals surface area contributed by atoms with Gasteiger partial charge in [-0.3, -0.25) is 0 Å². The Labute approximate surface area is 126 Å². The quantitative estimate of drug-likeness (QED) is 0.860. The van der Waals surface area contributed by atoms with Crippen molar-refractivity contribution >= 4 is 17.8 Å². The third-order valence-electron chi connectivity index (χ3n) is 3.54. The molecule has 1 aromatic carbocycles. The summed E-state index contributed by atoms with van der Waals surface area (Å²) in [6.07, 6.45) is 2.23. The van der Waals surface area contributed by atoms with Crippen LogP contribution in [0.5, 0.6) is 0 Å². The molecule has 4 heteroatoms. The van der Waals surface area contributed by atoms with Crippen LogP contribution in [0, 0.1) is 5.92 Å². The molecule has 110 valence electrons. The van der Waals surface area contributed by atoms with Gasteiger partial charge >= 0.3 is 6.03 Å². The van der Waals surface area contributed by atoms with Crippen molar-refractivity contribution in [3.63, 3.8) is 0 Å². The lowest BCUT2D eigenvalue weighted by Crippen LogP contribution is -2.46. The summed E-state index contributed by atoms with van der Waals surface area (Å²) >= 11 is 1.93. The van der Waals surface area contributed by atoms with Crippen molar-refractivity contribution in [1.29, 1.82) is 0 Å². The number of hydrogen-bond acceptors (Lipinski definition) is 2. The van der Waals surface area contributed by atoms with Gasteiger partial charge < -0.3 is 10.2 Å². The number of benzene rings is 1. The van der Waals surface area contributed by atoms with Gasteiger partial charge in [0, 0.05) is 29.8 Å². The molecule has 2 amide bonds. The van der Waals surface area contributed by atoms with E-state index in [9.17, 15) is 4.79 Å². The van der Waals surface area contributed by atoms with E-state index in [1.807, 2.05) is 30.5 Å². The van der Waals surface area contributed by atoms with E-state index in [2.05, 4.69) is 35.6 Å². The number of amides is 2. The van der Waals surface area contributed by atoms with Gasteiger partial charge in [-0.05, 0) is 44.7 Å². The Morgan fingerprint density at radius 3 is 2.55 bits per heavy atom. The molecule has 1 N–H and O–H groups in total. The Balaban J connectivity index is 1.70. The largest absolute Gasteiger partial charge is 0.336 e.